The monoisotopic (exact) mass is 414 g/mol. The number of carbonyl (C=O) groups is 1. The van der Waals surface area contributed by atoms with Crippen molar-refractivity contribution in [1.29, 1.82) is 0 Å². The van der Waals surface area contributed by atoms with Crippen LogP contribution in [0.4, 0.5) is 4.39 Å². The van der Waals surface area contributed by atoms with Crippen LogP contribution in [0, 0.1) is 5.82 Å². The van der Waals surface area contributed by atoms with Crippen LogP contribution in [0.15, 0.2) is 18.2 Å². The van der Waals surface area contributed by atoms with Gasteiger partial charge in [-0.25, -0.2) is 9.18 Å². The molecule has 0 radical (unpaired) electrons. The lowest BCUT2D eigenvalue weighted by molar-refractivity contribution is 0.0526. The van der Waals surface area contributed by atoms with Gasteiger partial charge in [0.25, 0.3) is 0 Å². The standard InChI is InChI=1S/C15H8Cl5FO2/c1-2-23-15(22)6-3-4-7(8(21)5-6)9-10(16)12(18)14(20)13(19)11(9)17/h3-5H,2H2,1H3. The van der Waals surface area contributed by atoms with Gasteiger partial charge in [-0.1, -0.05) is 64.1 Å². The third-order valence-electron chi connectivity index (χ3n) is 2.96. The molecule has 0 unspecified atom stereocenters. The summed E-state index contributed by atoms with van der Waals surface area (Å²) in [6.07, 6.45) is 0. The molecule has 0 atom stereocenters. The molecule has 0 aliphatic heterocycles. The van der Waals surface area contributed by atoms with Gasteiger partial charge in [-0.05, 0) is 19.1 Å². The van der Waals surface area contributed by atoms with Crippen LogP contribution >= 0.6 is 58.0 Å². The van der Waals surface area contributed by atoms with Crippen LogP contribution in [-0.2, 0) is 4.74 Å². The zero-order valence-corrected chi connectivity index (χ0v) is 15.3. The lowest BCUT2D eigenvalue weighted by Crippen LogP contribution is -2.05. The van der Waals surface area contributed by atoms with E-state index in [9.17, 15) is 9.18 Å². The van der Waals surface area contributed by atoms with Gasteiger partial charge in [-0.15, -0.1) is 0 Å². The number of rotatable bonds is 3. The van der Waals surface area contributed by atoms with E-state index in [0.29, 0.717) is 0 Å². The molecule has 0 bridgehead atoms. The molecule has 0 aromatic heterocycles. The molecule has 0 saturated heterocycles. The average Bonchev–Trinajstić information content (AvgIpc) is 2.53. The van der Waals surface area contributed by atoms with Crippen molar-refractivity contribution in [3.05, 3.63) is 54.7 Å². The van der Waals surface area contributed by atoms with Crippen molar-refractivity contribution in [3.8, 4) is 11.1 Å². The van der Waals surface area contributed by atoms with Gasteiger partial charge in [-0.2, -0.15) is 0 Å². The van der Waals surface area contributed by atoms with Crippen molar-refractivity contribution in [2.75, 3.05) is 6.61 Å². The average molecular weight is 416 g/mol. The fourth-order valence-corrected chi connectivity index (χ4v) is 3.24. The Morgan fingerprint density at radius 1 is 1.00 bits per heavy atom. The minimum absolute atomic E-state index is 0.0179. The molecule has 0 N–H and O–H groups in total. The van der Waals surface area contributed by atoms with Crippen molar-refractivity contribution in [3.63, 3.8) is 0 Å². The van der Waals surface area contributed by atoms with Gasteiger partial charge in [0.15, 0.2) is 0 Å². The Morgan fingerprint density at radius 3 is 2.00 bits per heavy atom. The molecule has 2 nitrogen and oxygen atoms in total. The Balaban J connectivity index is 2.63. The summed E-state index contributed by atoms with van der Waals surface area (Å²) in [5.41, 5.74) is 0.195. The molecule has 8 heteroatoms. The van der Waals surface area contributed by atoms with E-state index in [1.165, 1.54) is 12.1 Å². The smallest absolute Gasteiger partial charge is 0.338 e. The third-order valence-corrected chi connectivity index (χ3v) is 5.24. The van der Waals surface area contributed by atoms with Gasteiger partial charge >= 0.3 is 5.97 Å². The number of hydrogen-bond donors (Lipinski definition) is 0. The predicted octanol–water partition coefficient (Wildman–Crippen LogP) is 6.94. The number of carbonyl (C=O) groups excluding carboxylic acids is 1. The van der Waals surface area contributed by atoms with Crippen molar-refractivity contribution in [1.82, 2.24) is 0 Å². The summed E-state index contributed by atoms with van der Waals surface area (Å²) >= 11 is 30.1. The quantitative estimate of drug-likeness (QED) is 0.308. The normalized spacial score (nSPS) is 10.7. The minimum atomic E-state index is -0.728. The molecule has 2 aromatic rings. The molecule has 122 valence electrons. The second kappa shape index (κ2) is 7.45. The Kier molecular flexibility index (Phi) is 6.04. The zero-order valence-electron chi connectivity index (χ0n) is 11.5. The van der Waals surface area contributed by atoms with Gasteiger partial charge in [0.05, 0.1) is 37.3 Å². The summed E-state index contributed by atoms with van der Waals surface area (Å²) in [4.78, 5) is 11.6. The second-order valence-corrected chi connectivity index (χ2v) is 6.25. The van der Waals surface area contributed by atoms with Crippen LogP contribution in [0.2, 0.25) is 25.1 Å². The first-order valence-electron chi connectivity index (χ1n) is 6.28. The van der Waals surface area contributed by atoms with E-state index in [1.807, 2.05) is 0 Å². The largest absolute Gasteiger partial charge is 0.462 e. The molecule has 23 heavy (non-hydrogen) atoms. The number of ether oxygens (including phenoxy) is 1. The summed E-state index contributed by atoms with van der Waals surface area (Å²) in [6, 6.07) is 3.76. The van der Waals surface area contributed by atoms with Gasteiger partial charge in [0.1, 0.15) is 5.82 Å². The highest BCUT2D eigenvalue weighted by atomic mass is 35.5. The summed E-state index contributed by atoms with van der Waals surface area (Å²) in [7, 11) is 0. The molecule has 0 aliphatic rings. The fraction of sp³-hybridized carbons (Fsp3) is 0.133. The van der Waals surface area contributed by atoms with Crippen molar-refractivity contribution in [2.45, 2.75) is 6.92 Å². The first-order valence-corrected chi connectivity index (χ1v) is 8.17. The van der Waals surface area contributed by atoms with Crippen molar-refractivity contribution in [2.24, 2.45) is 0 Å². The molecule has 0 heterocycles. The number of benzene rings is 2. The van der Waals surface area contributed by atoms with Crippen molar-refractivity contribution >= 4 is 64.0 Å². The van der Waals surface area contributed by atoms with E-state index in [1.54, 1.807) is 6.92 Å². The first kappa shape index (κ1) is 18.6. The Labute approximate surface area is 157 Å². The van der Waals surface area contributed by atoms with Gasteiger partial charge < -0.3 is 4.74 Å². The number of hydrogen-bond acceptors (Lipinski definition) is 2. The van der Waals surface area contributed by atoms with Gasteiger partial charge in [-0.3, -0.25) is 0 Å². The van der Waals surface area contributed by atoms with E-state index in [4.69, 9.17) is 62.7 Å². The van der Waals surface area contributed by atoms with Crippen LogP contribution in [0.25, 0.3) is 11.1 Å². The summed E-state index contributed by atoms with van der Waals surface area (Å²) < 4.78 is 19.2. The predicted molar refractivity (Wildman–Crippen MR) is 92.8 cm³/mol. The van der Waals surface area contributed by atoms with Crippen LogP contribution in [0.3, 0.4) is 0 Å². The van der Waals surface area contributed by atoms with Crippen molar-refractivity contribution < 1.29 is 13.9 Å². The summed E-state index contributed by atoms with van der Waals surface area (Å²) in [6.45, 7) is 1.84. The van der Waals surface area contributed by atoms with E-state index < -0.39 is 11.8 Å². The Morgan fingerprint density at radius 2 is 1.52 bits per heavy atom. The molecule has 0 aliphatic carbocycles. The molecule has 0 spiro atoms. The molecule has 2 rings (SSSR count). The van der Waals surface area contributed by atoms with Crippen LogP contribution < -0.4 is 0 Å². The molecule has 0 fully saturated rings. The SMILES string of the molecule is CCOC(=O)c1ccc(-c2c(Cl)c(Cl)c(Cl)c(Cl)c2Cl)c(F)c1. The van der Waals surface area contributed by atoms with Gasteiger partial charge in [0, 0.05) is 11.1 Å². The lowest BCUT2D eigenvalue weighted by Gasteiger charge is -2.14. The van der Waals surface area contributed by atoms with Crippen LogP contribution in [0.5, 0.6) is 0 Å². The zero-order chi connectivity index (χ0) is 17.3. The van der Waals surface area contributed by atoms with E-state index in [0.717, 1.165) is 6.07 Å². The molecule has 0 amide bonds. The number of halogens is 6. The highest BCUT2D eigenvalue weighted by molar-refractivity contribution is 6.56. The maximum absolute atomic E-state index is 14.4. The Hall–Kier alpha value is -0.710. The maximum Gasteiger partial charge on any atom is 0.338 e. The first-order chi connectivity index (χ1) is 10.8. The van der Waals surface area contributed by atoms with E-state index in [-0.39, 0.29) is 48.4 Å². The molecule has 0 saturated carbocycles. The highest BCUT2D eigenvalue weighted by Gasteiger charge is 2.23. The van der Waals surface area contributed by atoms with E-state index in [2.05, 4.69) is 0 Å². The maximum atomic E-state index is 14.4. The van der Waals surface area contributed by atoms with Crippen LogP contribution in [0.1, 0.15) is 17.3 Å². The Bertz CT molecular complexity index is 763. The lowest BCUT2D eigenvalue weighted by atomic mass is 10.0. The third kappa shape index (κ3) is 3.54. The molecule has 2 aromatic carbocycles. The second-order valence-electron chi connectivity index (χ2n) is 4.36. The molecular weight excluding hydrogens is 408 g/mol. The number of esters is 1. The summed E-state index contributed by atoms with van der Waals surface area (Å²) in [5, 5.41) is -0.156. The fourth-order valence-electron chi connectivity index (χ4n) is 1.90. The van der Waals surface area contributed by atoms with E-state index >= 15 is 0 Å². The minimum Gasteiger partial charge on any atom is -0.462 e. The summed E-state index contributed by atoms with van der Waals surface area (Å²) in [5.74, 6) is -1.36. The topological polar surface area (TPSA) is 26.3 Å². The van der Waals surface area contributed by atoms with Gasteiger partial charge in [0.2, 0.25) is 0 Å². The molecular formula is C15H8Cl5FO2. The van der Waals surface area contributed by atoms with Crippen LogP contribution in [-0.4, -0.2) is 12.6 Å². The highest BCUT2D eigenvalue weighted by Crippen LogP contribution is 2.48.